The topological polar surface area (TPSA) is 91.4 Å². The standard InChI is InChI=1S/C30H41FN4O3S/c1-7-18(2)23(20-10-12-21(13-11-20)24-19(3)32-17-39-24)33-26(36)22-9-8-16-35(22)27(37)25(29(4,5)6)34-28(38)30(31)14-15-30/h10-13,17-18,22-23,25H,7-9,14-16H2,1-6H3,(H,33,36)(H,34,38)/t18?,22-,23-,25?/m0/s1. The van der Waals surface area contributed by atoms with Gasteiger partial charge in [-0.2, -0.15) is 0 Å². The second-order valence-electron chi connectivity index (χ2n) is 12.2. The molecule has 9 heteroatoms. The summed E-state index contributed by atoms with van der Waals surface area (Å²) in [4.78, 5) is 46.9. The maximum atomic E-state index is 14.4. The molecule has 1 aromatic carbocycles. The largest absolute Gasteiger partial charge is 0.347 e. The molecule has 2 fully saturated rings. The van der Waals surface area contributed by atoms with Crippen LogP contribution in [0.15, 0.2) is 29.8 Å². The van der Waals surface area contributed by atoms with Crippen LogP contribution in [0.4, 0.5) is 4.39 Å². The molecule has 7 nitrogen and oxygen atoms in total. The third-order valence-corrected chi connectivity index (χ3v) is 9.09. The summed E-state index contributed by atoms with van der Waals surface area (Å²) in [6.07, 6.45) is 2.47. The van der Waals surface area contributed by atoms with E-state index in [0.29, 0.717) is 19.4 Å². The molecular formula is C30H41FN4O3S. The lowest BCUT2D eigenvalue weighted by Gasteiger charge is -2.36. The molecule has 1 aliphatic heterocycles. The summed E-state index contributed by atoms with van der Waals surface area (Å²) in [6, 6.07) is 6.48. The van der Waals surface area contributed by atoms with Crippen molar-refractivity contribution in [2.75, 3.05) is 6.54 Å². The van der Waals surface area contributed by atoms with Crippen LogP contribution in [0.1, 0.15) is 84.0 Å². The number of likely N-dealkylation sites (tertiary alicyclic amines) is 1. The fourth-order valence-electron chi connectivity index (χ4n) is 5.17. The van der Waals surface area contributed by atoms with E-state index < -0.39 is 29.1 Å². The molecule has 39 heavy (non-hydrogen) atoms. The average Bonchev–Trinajstić information content (AvgIpc) is 3.27. The van der Waals surface area contributed by atoms with Crippen LogP contribution in [0.25, 0.3) is 10.4 Å². The Balaban J connectivity index is 1.51. The van der Waals surface area contributed by atoms with Gasteiger partial charge in [-0.25, -0.2) is 9.37 Å². The van der Waals surface area contributed by atoms with E-state index in [9.17, 15) is 18.8 Å². The van der Waals surface area contributed by atoms with Gasteiger partial charge in [0, 0.05) is 6.54 Å². The number of carbonyl (C=O) groups is 3. The third-order valence-electron chi connectivity index (χ3n) is 8.11. The number of halogens is 1. The Morgan fingerprint density at radius 2 is 1.85 bits per heavy atom. The highest BCUT2D eigenvalue weighted by atomic mass is 32.1. The molecule has 4 atom stereocenters. The van der Waals surface area contributed by atoms with Gasteiger partial charge in [-0.1, -0.05) is 65.3 Å². The summed E-state index contributed by atoms with van der Waals surface area (Å²) in [5.74, 6) is -1.08. The van der Waals surface area contributed by atoms with Crippen LogP contribution < -0.4 is 10.6 Å². The summed E-state index contributed by atoms with van der Waals surface area (Å²) in [6.45, 7) is 12.2. The highest BCUT2D eigenvalue weighted by molar-refractivity contribution is 7.13. The number of carbonyl (C=O) groups excluding carboxylic acids is 3. The van der Waals surface area contributed by atoms with Crippen molar-refractivity contribution in [2.24, 2.45) is 11.3 Å². The number of nitrogens with one attached hydrogen (secondary N) is 2. The third kappa shape index (κ3) is 6.34. The maximum Gasteiger partial charge on any atom is 0.258 e. The molecule has 1 aromatic heterocycles. The smallest absolute Gasteiger partial charge is 0.258 e. The van der Waals surface area contributed by atoms with Gasteiger partial charge in [0.15, 0.2) is 5.67 Å². The zero-order valence-corrected chi connectivity index (χ0v) is 24.7. The van der Waals surface area contributed by atoms with E-state index >= 15 is 0 Å². The zero-order valence-electron chi connectivity index (χ0n) is 23.8. The minimum Gasteiger partial charge on any atom is -0.347 e. The molecule has 1 saturated carbocycles. The molecule has 2 N–H and O–H groups in total. The second-order valence-corrected chi connectivity index (χ2v) is 13.0. The molecule has 2 heterocycles. The van der Waals surface area contributed by atoms with Crippen LogP contribution >= 0.6 is 11.3 Å². The van der Waals surface area contributed by atoms with Crippen LogP contribution in [0.2, 0.25) is 0 Å². The van der Waals surface area contributed by atoms with Crippen LogP contribution in [0, 0.1) is 18.3 Å². The number of rotatable bonds is 9. The van der Waals surface area contributed by atoms with Crippen molar-refractivity contribution in [2.45, 2.75) is 97.4 Å². The molecule has 2 aliphatic rings. The lowest BCUT2D eigenvalue weighted by atomic mass is 9.85. The predicted molar refractivity (Wildman–Crippen MR) is 152 cm³/mol. The minimum atomic E-state index is -1.87. The summed E-state index contributed by atoms with van der Waals surface area (Å²) in [5, 5.41) is 5.91. The summed E-state index contributed by atoms with van der Waals surface area (Å²) >= 11 is 1.60. The van der Waals surface area contributed by atoms with Gasteiger partial charge in [-0.05, 0) is 55.1 Å². The SMILES string of the molecule is CCC(C)[C@H](NC(=O)[C@@H]1CCCN1C(=O)C(NC(=O)C1(F)CC1)C(C)(C)C)c1ccc(-c2scnc2C)cc1. The molecule has 0 radical (unpaired) electrons. The quantitative estimate of drug-likeness (QED) is 0.436. The Morgan fingerprint density at radius 3 is 2.38 bits per heavy atom. The maximum absolute atomic E-state index is 14.4. The van der Waals surface area contributed by atoms with Gasteiger partial charge in [0.05, 0.1) is 22.1 Å². The number of hydrogen-bond acceptors (Lipinski definition) is 5. The second kappa shape index (κ2) is 11.4. The first-order valence-electron chi connectivity index (χ1n) is 14.0. The average molecular weight is 557 g/mol. The van der Waals surface area contributed by atoms with Gasteiger partial charge >= 0.3 is 0 Å². The molecule has 2 aromatic rings. The molecule has 1 saturated heterocycles. The molecular weight excluding hydrogens is 515 g/mol. The Bertz CT molecular complexity index is 1200. The number of amides is 3. The van der Waals surface area contributed by atoms with Crippen molar-refractivity contribution in [1.29, 1.82) is 0 Å². The van der Waals surface area contributed by atoms with Gasteiger partial charge < -0.3 is 15.5 Å². The van der Waals surface area contributed by atoms with E-state index in [2.05, 4.69) is 53.7 Å². The lowest BCUT2D eigenvalue weighted by molar-refractivity contribution is -0.145. The first-order chi connectivity index (χ1) is 18.4. The highest BCUT2D eigenvalue weighted by Crippen LogP contribution is 2.40. The van der Waals surface area contributed by atoms with Crippen molar-refractivity contribution in [3.8, 4) is 10.4 Å². The lowest BCUT2D eigenvalue weighted by Crippen LogP contribution is -2.59. The number of thiazole rings is 1. The summed E-state index contributed by atoms with van der Waals surface area (Å²) < 4.78 is 14.4. The molecule has 212 valence electrons. The molecule has 2 unspecified atom stereocenters. The normalized spacial score (nSPS) is 20.7. The summed E-state index contributed by atoms with van der Waals surface area (Å²) in [5.41, 5.74) is 2.43. The van der Waals surface area contributed by atoms with Gasteiger partial charge in [-0.15, -0.1) is 11.3 Å². The molecule has 0 spiro atoms. The number of aryl methyl sites for hydroxylation is 1. The van der Waals surface area contributed by atoms with E-state index in [1.807, 2.05) is 33.2 Å². The van der Waals surface area contributed by atoms with Crippen molar-refractivity contribution in [3.63, 3.8) is 0 Å². The van der Waals surface area contributed by atoms with Crippen LogP contribution in [0.5, 0.6) is 0 Å². The van der Waals surface area contributed by atoms with Crippen molar-refractivity contribution < 1.29 is 18.8 Å². The first-order valence-corrected chi connectivity index (χ1v) is 14.8. The Labute approximate surface area is 235 Å². The Hall–Kier alpha value is -2.81. The first kappa shape index (κ1) is 29.2. The predicted octanol–water partition coefficient (Wildman–Crippen LogP) is 5.35. The monoisotopic (exact) mass is 556 g/mol. The van der Waals surface area contributed by atoms with E-state index in [-0.39, 0.29) is 36.6 Å². The number of aromatic nitrogens is 1. The van der Waals surface area contributed by atoms with Gasteiger partial charge in [0.2, 0.25) is 11.8 Å². The number of benzene rings is 1. The number of alkyl halides is 1. The van der Waals surface area contributed by atoms with Crippen molar-refractivity contribution in [1.82, 2.24) is 20.5 Å². The van der Waals surface area contributed by atoms with Crippen molar-refractivity contribution in [3.05, 3.63) is 41.0 Å². The summed E-state index contributed by atoms with van der Waals surface area (Å²) in [7, 11) is 0. The van der Waals surface area contributed by atoms with Crippen LogP contribution in [-0.2, 0) is 14.4 Å². The Morgan fingerprint density at radius 1 is 1.18 bits per heavy atom. The van der Waals surface area contributed by atoms with Crippen molar-refractivity contribution >= 4 is 29.1 Å². The van der Waals surface area contributed by atoms with Crippen LogP contribution in [0.3, 0.4) is 0 Å². The van der Waals surface area contributed by atoms with Gasteiger partial charge in [0.25, 0.3) is 5.91 Å². The van der Waals surface area contributed by atoms with Crippen LogP contribution in [-0.4, -0.2) is 51.9 Å². The minimum absolute atomic E-state index is 0.177. The molecule has 4 rings (SSSR count). The van der Waals surface area contributed by atoms with E-state index in [1.54, 1.807) is 16.2 Å². The zero-order chi connectivity index (χ0) is 28.5. The van der Waals surface area contributed by atoms with E-state index in [0.717, 1.165) is 28.1 Å². The fraction of sp³-hybridized carbons (Fsp3) is 0.600. The fourth-order valence-corrected chi connectivity index (χ4v) is 5.99. The van der Waals surface area contributed by atoms with Gasteiger partial charge in [-0.3, -0.25) is 14.4 Å². The number of hydrogen-bond donors (Lipinski definition) is 2. The molecule has 3 amide bonds. The molecule has 1 aliphatic carbocycles. The molecule has 0 bridgehead atoms. The highest BCUT2D eigenvalue weighted by Gasteiger charge is 2.53. The van der Waals surface area contributed by atoms with Gasteiger partial charge in [0.1, 0.15) is 12.1 Å². The Kier molecular flexibility index (Phi) is 8.50. The van der Waals surface area contributed by atoms with E-state index in [1.165, 1.54) is 0 Å². The van der Waals surface area contributed by atoms with E-state index in [4.69, 9.17) is 0 Å². The number of nitrogens with zero attached hydrogens (tertiary/aromatic N) is 2.